The summed E-state index contributed by atoms with van der Waals surface area (Å²) >= 11 is 1.39. The Morgan fingerprint density at radius 1 is 1.12 bits per heavy atom. The second-order valence-electron chi connectivity index (χ2n) is 5.43. The fraction of sp³-hybridized carbons (Fsp3) is 0.176. The fourth-order valence-electron chi connectivity index (χ4n) is 2.17. The van der Waals surface area contributed by atoms with Crippen molar-refractivity contribution < 1.29 is 17.4 Å². The van der Waals surface area contributed by atoms with E-state index in [1.807, 2.05) is 13.8 Å². The predicted molar refractivity (Wildman–Crippen MR) is 91.6 cm³/mol. The second-order valence-corrected chi connectivity index (χ2v) is 7.97. The number of pyridine rings is 1. The highest BCUT2D eigenvalue weighted by molar-refractivity contribution is 7.99. The average molecular weight is 361 g/mol. The molecule has 0 saturated carbocycles. The Morgan fingerprint density at radius 3 is 2.54 bits per heavy atom. The van der Waals surface area contributed by atoms with Gasteiger partial charge < -0.3 is 4.18 Å². The van der Waals surface area contributed by atoms with E-state index in [0.29, 0.717) is 21.9 Å². The number of fused-ring (bicyclic) bond motifs is 1. The maximum atomic E-state index is 12.4. The molecule has 1 aliphatic rings. The monoisotopic (exact) mass is 361 g/mol. The van der Waals surface area contributed by atoms with Gasteiger partial charge in [-0.3, -0.25) is 4.79 Å². The van der Waals surface area contributed by atoms with Gasteiger partial charge in [0, 0.05) is 17.0 Å². The molecule has 0 atom stereocenters. The van der Waals surface area contributed by atoms with Crippen LogP contribution in [0.15, 0.2) is 58.2 Å². The molecule has 0 aliphatic carbocycles. The van der Waals surface area contributed by atoms with Crippen LogP contribution in [0.2, 0.25) is 0 Å². The molecule has 0 spiro atoms. The van der Waals surface area contributed by atoms with Crippen molar-refractivity contribution >= 4 is 27.7 Å². The zero-order chi connectivity index (χ0) is 17.3. The summed E-state index contributed by atoms with van der Waals surface area (Å²) in [5, 5.41) is 0.665. The van der Waals surface area contributed by atoms with Crippen LogP contribution in [0, 0.1) is 13.8 Å². The van der Waals surface area contributed by atoms with E-state index in [2.05, 4.69) is 4.98 Å². The van der Waals surface area contributed by atoms with E-state index in [-0.39, 0.29) is 10.7 Å². The molecule has 0 radical (unpaired) electrons. The Bertz CT molecular complexity index is 932. The van der Waals surface area contributed by atoms with Gasteiger partial charge in [-0.2, -0.15) is 8.42 Å². The predicted octanol–water partition coefficient (Wildman–Crippen LogP) is 3.28. The first kappa shape index (κ1) is 16.7. The highest BCUT2D eigenvalue weighted by Gasteiger charge is 2.25. The Hall–Kier alpha value is -2.12. The summed E-state index contributed by atoms with van der Waals surface area (Å²) in [6.45, 7) is 3.72. The Balaban J connectivity index is 1.83. The molecule has 0 unspecified atom stereocenters. The van der Waals surface area contributed by atoms with Crippen LogP contribution in [-0.4, -0.2) is 24.9 Å². The van der Waals surface area contributed by atoms with Gasteiger partial charge in [0.25, 0.3) is 0 Å². The third-order valence-electron chi connectivity index (χ3n) is 3.53. The third kappa shape index (κ3) is 3.37. The number of ketones is 1. The molecule has 3 rings (SSSR count). The minimum atomic E-state index is -3.94. The zero-order valence-electron chi connectivity index (χ0n) is 13.1. The number of carbonyl (C=O) groups excluding carboxylic acids is 1. The highest BCUT2D eigenvalue weighted by Crippen LogP contribution is 2.31. The molecule has 1 aromatic heterocycles. The average Bonchev–Trinajstić information content (AvgIpc) is 2.54. The van der Waals surface area contributed by atoms with E-state index in [1.165, 1.54) is 23.9 Å². The summed E-state index contributed by atoms with van der Waals surface area (Å²) in [6.07, 6.45) is 1.04. The van der Waals surface area contributed by atoms with Gasteiger partial charge in [0.2, 0.25) is 0 Å². The number of rotatable bonds is 3. The van der Waals surface area contributed by atoms with Crippen LogP contribution >= 0.6 is 11.8 Å². The molecule has 0 fully saturated rings. The Morgan fingerprint density at radius 2 is 1.83 bits per heavy atom. The first-order chi connectivity index (χ1) is 11.4. The van der Waals surface area contributed by atoms with Crippen molar-refractivity contribution in [2.24, 2.45) is 0 Å². The zero-order valence-corrected chi connectivity index (χ0v) is 14.8. The Kier molecular flexibility index (Phi) is 4.47. The molecule has 0 saturated heterocycles. The molecule has 0 bridgehead atoms. The quantitative estimate of drug-likeness (QED) is 0.475. The van der Waals surface area contributed by atoms with Gasteiger partial charge in [0.15, 0.2) is 5.78 Å². The van der Waals surface area contributed by atoms with Gasteiger partial charge in [0.05, 0.1) is 5.56 Å². The van der Waals surface area contributed by atoms with Crippen molar-refractivity contribution in [3.63, 3.8) is 0 Å². The number of carbonyl (C=O) groups is 1. The largest absolute Gasteiger partial charge is 0.386 e. The van der Waals surface area contributed by atoms with Crippen molar-refractivity contribution in [2.75, 3.05) is 5.75 Å². The first-order valence-corrected chi connectivity index (χ1v) is 9.60. The Labute approximate surface area is 144 Å². The SMILES string of the molecule is Cc1ccc(S(=O)(=O)O/C=C2/CSc3nc(C)ccc3C2=O)cc1. The van der Waals surface area contributed by atoms with Crippen LogP contribution in [0.25, 0.3) is 0 Å². The van der Waals surface area contributed by atoms with Crippen molar-refractivity contribution in [2.45, 2.75) is 23.8 Å². The summed E-state index contributed by atoms with van der Waals surface area (Å²) in [5.41, 5.74) is 2.55. The lowest BCUT2D eigenvalue weighted by molar-refractivity contribution is 0.102. The van der Waals surface area contributed by atoms with E-state index in [9.17, 15) is 13.2 Å². The maximum absolute atomic E-state index is 12.4. The van der Waals surface area contributed by atoms with Gasteiger partial charge in [-0.1, -0.05) is 17.7 Å². The summed E-state index contributed by atoms with van der Waals surface area (Å²) < 4.78 is 29.3. The molecule has 124 valence electrons. The number of benzene rings is 1. The van der Waals surface area contributed by atoms with Gasteiger partial charge in [-0.15, -0.1) is 11.8 Å². The van der Waals surface area contributed by atoms with Crippen molar-refractivity contribution in [1.82, 2.24) is 4.98 Å². The maximum Gasteiger partial charge on any atom is 0.338 e. The third-order valence-corrected chi connectivity index (χ3v) is 5.77. The van der Waals surface area contributed by atoms with Crippen molar-refractivity contribution in [3.05, 3.63) is 65.1 Å². The highest BCUT2D eigenvalue weighted by atomic mass is 32.2. The number of thioether (sulfide) groups is 1. The van der Waals surface area contributed by atoms with Crippen LogP contribution in [0.1, 0.15) is 21.6 Å². The van der Waals surface area contributed by atoms with Crippen LogP contribution < -0.4 is 0 Å². The van der Waals surface area contributed by atoms with Gasteiger partial charge in [0.1, 0.15) is 16.2 Å². The molecule has 0 N–H and O–H groups in total. The van der Waals surface area contributed by atoms with E-state index in [4.69, 9.17) is 4.18 Å². The molecule has 2 heterocycles. The topological polar surface area (TPSA) is 73.3 Å². The molecule has 24 heavy (non-hydrogen) atoms. The number of nitrogens with zero attached hydrogens (tertiary/aromatic N) is 1. The van der Waals surface area contributed by atoms with Crippen LogP contribution in [-0.2, 0) is 14.3 Å². The fourth-order valence-corrected chi connectivity index (χ4v) is 4.01. The second kappa shape index (κ2) is 6.41. The summed E-state index contributed by atoms with van der Waals surface area (Å²) in [5.74, 6) is 0.0708. The molecule has 1 aromatic carbocycles. The van der Waals surface area contributed by atoms with Gasteiger partial charge in [-0.05, 0) is 38.1 Å². The lowest BCUT2D eigenvalue weighted by atomic mass is 10.1. The minimum absolute atomic E-state index is 0.0542. The smallest absolute Gasteiger partial charge is 0.338 e. The number of hydrogen-bond acceptors (Lipinski definition) is 6. The van der Waals surface area contributed by atoms with Crippen molar-refractivity contribution in [3.8, 4) is 0 Å². The number of aromatic nitrogens is 1. The number of Topliss-reactive ketones (excluding diaryl/α,β-unsaturated/α-hetero) is 1. The summed E-state index contributed by atoms with van der Waals surface area (Å²) in [7, 11) is -3.94. The standard InChI is InChI=1S/C17H15NO4S2/c1-11-3-6-14(7-4-11)24(20,21)22-9-13-10-23-17-15(16(13)19)8-5-12(2)18-17/h3-9H,10H2,1-2H3/b13-9-. The summed E-state index contributed by atoms with van der Waals surface area (Å²) in [4.78, 5) is 16.8. The van der Waals surface area contributed by atoms with E-state index in [1.54, 1.807) is 24.3 Å². The van der Waals surface area contributed by atoms with Gasteiger partial charge in [-0.25, -0.2) is 4.98 Å². The molecule has 2 aromatic rings. The lowest BCUT2D eigenvalue weighted by Crippen LogP contribution is -2.15. The molecular weight excluding hydrogens is 346 g/mol. The summed E-state index contributed by atoms with van der Waals surface area (Å²) in [6, 6.07) is 9.79. The molecule has 7 heteroatoms. The van der Waals surface area contributed by atoms with Crippen LogP contribution in [0.4, 0.5) is 0 Å². The van der Waals surface area contributed by atoms with E-state index >= 15 is 0 Å². The van der Waals surface area contributed by atoms with E-state index in [0.717, 1.165) is 17.5 Å². The van der Waals surface area contributed by atoms with E-state index < -0.39 is 10.1 Å². The molecule has 1 aliphatic heterocycles. The molecule has 0 amide bonds. The lowest BCUT2D eigenvalue weighted by Gasteiger charge is -2.16. The number of hydrogen-bond donors (Lipinski definition) is 0. The van der Waals surface area contributed by atoms with Gasteiger partial charge >= 0.3 is 10.1 Å². The van der Waals surface area contributed by atoms with Crippen LogP contribution in [0.5, 0.6) is 0 Å². The first-order valence-electron chi connectivity index (χ1n) is 7.21. The van der Waals surface area contributed by atoms with Crippen LogP contribution in [0.3, 0.4) is 0 Å². The van der Waals surface area contributed by atoms with Crippen molar-refractivity contribution in [1.29, 1.82) is 0 Å². The molecular formula is C17H15NO4S2. The minimum Gasteiger partial charge on any atom is -0.386 e. The number of aryl methyl sites for hydroxylation is 2. The molecule has 5 nitrogen and oxygen atoms in total. The normalized spacial score (nSPS) is 16.1.